The van der Waals surface area contributed by atoms with Crippen LogP contribution in [0.1, 0.15) is 68.4 Å². The molecule has 1 aliphatic heterocycles. The molecule has 2 unspecified atom stereocenters. The number of allylic oxidation sites excluding steroid dienone is 3. The van der Waals surface area contributed by atoms with E-state index >= 15 is 0 Å². The molecule has 46 heavy (non-hydrogen) atoms. The van der Waals surface area contributed by atoms with Crippen molar-refractivity contribution in [1.29, 1.82) is 0 Å². The second-order valence-corrected chi connectivity index (χ2v) is 14.8. The average molecular weight is 597 g/mol. The number of anilines is 5. The Bertz CT molecular complexity index is 2100. The van der Waals surface area contributed by atoms with Crippen LogP contribution in [0.4, 0.5) is 28.4 Å². The van der Waals surface area contributed by atoms with E-state index in [4.69, 9.17) is 0 Å². The van der Waals surface area contributed by atoms with Gasteiger partial charge in [-0.1, -0.05) is 112 Å². The summed E-state index contributed by atoms with van der Waals surface area (Å²) in [7, 11) is 0. The van der Waals surface area contributed by atoms with Crippen molar-refractivity contribution in [3.63, 3.8) is 0 Å². The molecule has 2 nitrogen and oxygen atoms in total. The smallest absolute Gasteiger partial charge is 0.0703 e. The number of fused-ring (bicyclic) bond motifs is 9. The minimum absolute atomic E-state index is 0.0375. The van der Waals surface area contributed by atoms with E-state index in [9.17, 15) is 0 Å². The Balaban J connectivity index is 1.22. The van der Waals surface area contributed by atoms with Crippen molar-refractivity contribution in [2.45, 2.75) is 58.3 Å². The summed E-state index contributed by atoms with van der Waals surface area (Å²) in [5, 5.41) is 0. The molecule has 5 aromatic carbocycles. The van der Waals surface area contributed by atoms with Crippen LogP contribution in [-0.4, -0.2) is 0 Å². The van der Waals surface area contributed by atoms with Crippen molar-refractivity contribution in [3.8, 4) is 11.1 Å². The average Bonchev–Trinajstić information content (AvgIpc) is 3.44. The molecule has 0 saturated heterocycles. The van der Waals surface area contributed by atoms with Crippen molar-refractivity contribution in [2.75, 3.05) is 9.80 Å². The summed E-state index contributed by atoms with van der Waals surface area (Å²) in [6.07, 6.45) is 5.07. The minimum atomic E-state index is -0.0391. The van der Waals surface area contributed by atoms with E-state index in [0.717, 1.165) is 0 Å². The van der Waals surface area contributed by atoms with Crippen LogP contribution < -0.4 is 9.80 Å². The van der Waals surface area contributed by atoms with Gasteiger partial charge in [0, 0.05) is 22.7 Å². The van der Waals surface area contributed by atoms with Gasteiger partial charge in [-0.2, -0.15) is 0 Å². The lowest BCUT2D eigenvalue weighted by Crippen LogP contribution is -2.32. The van der Waals surface area contributed by atoms with Crippen molar-refractivity contribution in [1.82, 2.24) is 0 Å². The number of rotatable bonds is 2. The number of nitrogens with zero attached hydrogens (tertiary/aromatic N) is 2. The Morgan fingerprint density at radius 3 is 1.85 bits per heavy atom. The first-order valence-corrected chi connectivity index (χ1v) is 16.7. The third-order valence-electron chi connectivity index (χ3n) is 11.5. The SMILES string of the molecule is CC1=CC(N2c3ccccc3N(c3ccccc3)c3ccccc32)=CC2C1c1ccc3c(c1C2(C)C)C(C)(C)c1cccc(C)c1-3. The maximum atomic E-state index is 2.61. The van der Waals surface area contributed by atoms with Crippen LogP contribution in [-0.2, 0) is 10.8 Å². The Hall–Kier alpha value is -4.82. The largest absolute Gasteiger partial charge is 0.307 e. The number of para-hydroxylation sites is 5. The van der Waals surface area contributed by atoms with E-state index in [2.05, 4.69) is 173 Å². The Kier molecular flexibility index (Phi) is 5.59. The quantitative estimate of drug-likeness (QED) is 0.200. The molecule has 0 saturated carbocycles. The second kappa shape index (κ2) is 9.36. The van der Waals surface area contributed by atoms with Crippen molar-refractivity contribution < 1.29 is 0 Å². The monoisotopic (exact) mass is 596 g/mol. The van der Waals surface area contributed by atoms with E-state index in [-0.39, 0.29) is 10.8 Å². The van der Waals surface area contributed by atoms with Crippen LogP contribution in [0.5, 0.6) is 0 Å². The third-order valence-corrected chi connectivity index (χ3v) is 11.5. The van der Waals surface area contributed by atoms with Gasteiger partial charge in [-0.25, -0.2) is 0 Å². The van der Waals surface area contributed by atoms with Gasteiger partial charge in [0.05, 0.1) is 22.7 Å². The summed E-state index contributed by atoms with van der Waals surface area (Å²) >= 11 is 0. The van der Waals surface area contributed by atoms with Gasteiger partial charge in [-0.15, -0.1) is 0 Å². The molecule has 0 aromatic heterocycles. The number of hydrogen-bond acceptors (Lipinski definition) is 2. The lowest BCUT2D eigenvalue weighted by atomic mass is 9.69. The normalized spacial score (nSPS) is 20.9. The summed E-state index contributed by atoms with van der Waals surface area (Å²) in [4.78, 5) is 4.92. The van der Waals surface area contributed by atoms with Crippen LogP contribution in [0.2, 0.25) is 0 Å². The molecule has 5 aromatic rings. The van der Waals surface area contributed by atoms with Crippen LogP contribution in [0.25, 0.3) is 11.1 Å². The Morgan fingerprint density at radius 2 is 1.20 bits per heavy atom. The molecule has 0 fully saturated rings. The fraction of sp³-hybridized carbons (Fsp3) is 0.227. The summed E-state index contributed by atoms with van der Waals surface area (Å²) < 4.78 is 0. The number of aryl methyl sites for hydroxylation is 1. The molecule has 226 valence electrons. The summed E-state index contributed by atoms with van der Waals surface area (Å²) in [6, 6.07) is 40.3. The fourth-order valence-corrected chi connectivity index (χ4v) is 9.49. The molecule has 0 N–H and O–H groups in total. The summed E-state index contributed by atoms with van der Waals surface area (Å²) in [6.45, 7) is 14.5. The molecule has 1 heterocycles. The van der Waals surface area contributed by atoms with Gasteiger partial charge in [0.25, 0.3) is 0 Å². The zero-order valence-corrected chi connectivity index (χ0v) is 27.6. The zero-order valence-electron chi connectivity index (χ0n) is 27.6. The fourth-order valence-electron chi connectivity index (χ4n) is 9.49. The van der Waals surface area contributed by atoms with E-state index in [1.165, 1.54) is 67.5 Å². The Labute approximate surface area is 273 Å². The lowest BCUT2D eigenvalue weighted by Gasteiger charge is -2.43. The minimum Gasteiger partial charge on any atom is -0.307 e. The summed E-state index contributed by atoms with van der Waals surface area (Å²) in [5.41, 5.74) is 19.0. The van der Waals surface area contributed by atoms with Crippen LogP contribution >= 0.6 is 0 Å². The lowest BCUT2D eigenvalue weighted by molar-refractivity contribution is 0.380. The van der Waals surface area contributed by atoms with E-state index in [1.54, 1.807) is 11.1 Å². The molecule has 4 aliphatic rings. The molecule has 0 spiro atoms. The van der Waals surface area contributed by atoms with Crippen LogP contribution in [0.15, 0.2) is 133 Å². The molecule has 2 atom stereocenters. The molecule has 0 amide bonds. The third kappa shape index (κ3) is 3.48. The highest BCUT2D eigenvalue weighted by Crippen LogP contribution is 2.63. The van der Waals surface area contributed by atoms with E-state index in [0.29, 0.717) is 11.8 Å². The van der Waals surface area contributed by atoms with Gasteiger partial charge in [0.2, 0.25) is 0 Å². The van der Waals surface area contributed by atoms with Gasteiger partial charge >= 0.3 is 0 Å². The number of benzene rings is 5. The molecule has 0 radical (unpaired) electrons. The molecule has 2 heteroatoms. The van der Waals surface area contributed by atoms with E-state index < -0.39 is 0 Å². The highest BCUT2D eigenvalue weighted by molar-refractivity contribution is 5.99. The van der Waals surface area contributed by atoms with E-state index in [1.807, 2.05) is 0 Å². The molecule has 0 bridgehead atoms. The van der Waals surface area contributed by atoms with Gasteiger partial charge < -0.3 is 9.80 Å². The number of hydrogen-bond donors (Lipinski definition) is 0. The maximum Gasteiger partial charge on any atom is 0.0703 e. The molecule has 3 aliphatic carbocycles. The summed E-state index contributed by atoms with van der Waals surface area (Å²) in [5.74, 6) is 0.719. The van der Waals surface area contributed by atoms with Gasteiger partial charge in [0.15, 0.2) is 0 Å². The van der Waals surface area contributed by atoms with Crippen molar-refractivity contribution >= 4 is 28.4 Å². The van der Waals surface area contributed by atoms with Crippen molar-refractivity contribution in [3.05, 3.63) is 160 Å². The predicted molar refractivity (Wildman–Crippen MR) is 193 cm³/mol. The van der Waals surface area contributed by atoms with Gasteiger partial charge in [-0.05, 0) is 107 Å². The standard InChI is InChI=1S/C44H40N2/c1-27-15-14-18-33-39(27)31-23-24-32-40-28(2)25-30(26-34(40)44(5,6)42(32)41(31)43(33,3)4)46-37-21-12-10-19-35(37)45(29-16-8-7-9-17-29)36-20-11-13-22-38(36)46/h7-26,34,40H,1-6H3. The molecular weight excluding hydrogens is 556 g/mol. The second-order valence-electron chi connectivity index (χ2n) is 14.8. The first-order valence-electron chi connectivity index (χ1n) is 16.7. The first kappa shape index (κ1) is 27.5. The molecule has 9 rings (SSSR count). The highest BCUT2D eigenvalue weighted by atomic mass is 15.3. The molecular formula is C44H40N2. The van der Waals surface area contributed by atoms with Gasteiger partial charge in [0.1, 0.15) is 0 Å². The van der Waals surface area contributed by atoms with Crippen LogP contribution in [0.3, 0.4) is 0 Å². The van der Waals surface area contributed by atoms with Crippen LogP contribution in [0, 0.1) is 12.8 Å². The van der Waals surface area contributed by atoms with Gasteiger partial charge in [-0.3, -0.25) is 0 Å². The topological polar surface area (TPSA) is 6.48 Å². The predicted octanol–water partition coefficient (Wildman–Crippen LogP) is 11.8. The highest BCUT2D eigenvalue weighted by Gasteiger charge is 2.52. The zero-order chi connectivity index (χ0) is 31.5. The maximum absolute atomic E-state index is 2.61. The Morgan fingerprint density at radius 1 is 0.587 bits per heavy atom. The first-order chi connectivity index (χ1) is 22.2. The van der Waals surface area contributed by atoms with Crippen molar-refractivity contribution in [2.24, 2.45) is 5.92 Å².